The van der Waals surface area contributed by atoms with Gasteiger partial charge in [0.05, 0.1) is 10.8 Å². The van der Waals surface area contributed by atoms with Crippen molar-refractivity contribution in [2.45, 2.75) is 49.5 Å². The summed E-state index contributed by atoms with van der Waals surface area (Å²) in [5.41, 5.74) is 0. The van der Waals surface area contributed by atoms with Gasteiger partial charge in [-0.3, -0.25) is 4.79 Å². The predicted molar refractivity (Wildman–Crippen MR) is 100 cm³/mol. The second-order valence-corrected chi connectivity index (χ2v) is 10.3. The minimum Gasteiger partial charge on any atom is -0.353 e. The van der Waals surface area contributed by atoms with E-state index in [1.54, 1.807) is 12.1 Å². The van der Waals surface area contributed by atoms with Crippen molar-refractivity contribution in [1.82, 2.24) is 9.62 Å². The average Bonchev–Trinajstić information content (AvgIpc) is 3.25. The maximum atomic E-state index is 12.9. The highest BCUT2D eigenvalue weighted by Gasteiger charge is 2.41. The summed E-state index contributed by atoms with van der Waals surface area (Å²) in [6.07, 6.45) is 6.31. The third kappa shape index (κ3) is 3.51. The van der Waals surface area contributed by atoms with Crippen molar-refractivity contribution in [3.63, 3.8) is 0 Å². The number of benzene rings is 1. The van der Waals surface area contributed by atoms with Crippen LogP contribution >= 0.6 is 11.6 Å². The Morgan fingerprint density at radius 3 is 2.54 bits per heavy atom. The lowest BCUT2D eigenvalue weighted by Gasteiger charge is -2.33. The minimum absolute atomic E-state index is 0.0264. The molecular weight excluding hydrogens is 372 g/mol. The number of hydrogen-bond donors (Lipinski definition) is 1. The fourth-order valence-electron chi connectivity index (χ4n) is 4.85. The van der Waals surface area contributed by atoms with Gasteiger partial charge in [-0.25, -0.2) is 8.42 Å². The second kappa shape index (κ2) is 7.13. The molecule has 3 aliphatic rings. The van der Waals surface area contributed by atoms with Gasteiger partial charge in [0.2, 0.25) is 15.9 Å². The molecule has 1 heterocycles. The van der Waals surface area contributed by atoms with Crippen LogP contribution in [0.1, 0.15) is 38.5 Å². The number of rotatable bonds is 4. The molecule has 5 nitrogen and oxygen atoms in total. The Balaban J connectivity index is 1.42. The number of nitrogens with one attached hydrogen (secondary N) is 1. The van der Waals surface area contributed by atoms with Gasteiger partial charge >= 0.3 is 0 Å². The summed E-state index contributed by atoms with van der Waals surface area (Å²) < 4.78 is 27.2. The molecule has 3 fully saturated rings. The number of hydrogen-bond acceptors (Lipinski definition) is 3. The fraction of sp³-hybridized carbons (Fsp3) is 0.632. The van der Waals surface area contributed by atoms with Crippen LogP contribution in [0, 0.1) is 17.8 Å². The molecule has 4 rings (SSSR count). The molecule has 4 atom stereocenters. The van der Waals surface area contributed by atoms with E-state index < -0.39 is 10.0 Å². The van der Waals surface area contributed by atoms with E-state index in [1.807, 2.05) is 0 Å². The van der Waals surface area contributed by atoms with Crippen LogP contribution < -0.4 is 5.32 Å². The minimum atomic E-state index is -3.59. The van der Waals surface area contributed by atoms with Gasteiger partial charge in [-0.15, -0.1) is 0 Å². The van der Waals surface area contributed by atoms with Gasteiger partial charge in [-0.05, 0) is 68.2 Å². The van der Waals surface area contributed by atoms with Crippen LogP contribution in [0.2, 0.25) is 5.02 Å². The monoisotopic (exact) mass is 396 g/mol. The van der Waals surface area contributed by atoms with Crippen molar-refractivity contribution < 1.29 is 13.2 Å². The first kappa shape index (κ1) is 18.3. The van der Waals surface area contributed by atoms with Crippen LogP contribution in [0.5, 0.6) is 0 Å². The SMILES string of the molecule is O=C(N[C@H]1C[C@@H]2CC[C@@H]1C2)[C@@H]1CCCN(S(=O)(=O)c2ccc(Cl)cc2)C1. The molecular formula is C19H25ClN2O3S. The van der Waals surface area contributed by atoms with E-state index in [0.29, 0.717) is 29.9 Å². The summed E-state index contributed by atoms with van der Waals surface area (Å²) in [5.74, 6) is 1.17. The Kier molecular flexibility index (Phi) is 5.01. The third-order valence-corrected chi connectivity index (χ3v) is 8.40. The summed E-state index contributed by atoms with van der Waals surface area (Å²) in [4.78, 5) is 13.0. The number of amides is 1. The third-order valence-electron chi connectivity index (χ3n) is 6.27. The maximum absolute atomic E-state index is 12.9. The standard InChI is InChI=1S/C19H25ClN2O3S/c20-16-5-7-17(8-6-16)26(24,25)22-9-1-2-15(12-22)19(23)21-18-11-13-3-4-14(18)10-13/h5-8,13-15,18H,1-4,9-12H2,(H,21,23)/t13-,14-,15-,18+/m1/s1. The highest BCUT2D eigenvalue weighted by Crippen LogP contribution is 2.44. The summed E-state index contributed by atoms with van der Waals surface area (Å²) in [5, 5.41) is 3.73. The van der Waals surface area contributed by atoms with E-state index in [9.17, 15) is 13.2 Å². The molecule has 2 bridgehead atoms. The summed E-state index contributed by atoms with van der Waals surface area (Å²) in [6.45, 7) is 0.723. The molecule has 142 valence electrons. The van der Waals surface area contributed by atoms with Crippen LogP contribution in [0.15, 0.2) is 29.2 Å². The molecule has 1 aliphatic heterocycles. The van der Waals surface area contributed by atoms with Crippen LogP contribution in [0.3, 0.4) is 0 Å². The zero-order valence-electron chi connectivity index (χ0n) is 14.7. The smallest absolute Gasteiger partial charge is 0.243 e. The van der Waals surface area contributed by atoms with Gasteiger partial charge < -0.3 is 5.32 Å². The molecule has 0 unspecified atom stereocenters. The van der Waals surface area contributed by atoms with Gasteiger partial charge in [0, 0.05) is 24.2 Å². The molecule has 1 aromatic rings. The topological polar surface area (TPSA) is 66.5 Å². The number of nitrogens with zero attached hydrogens (tertiary/aromatic N) is 1. The second-order valence-electron chi connectivity index (χ2n) is 7.95. The number of piperidine rings is 1. The molecule has 1 aromatic carbocycles. The van der Waals surface area contributed by atoms with Crippen LogP contribution in [0.4, 0.5) is 0 Å². The Bertz CT molecular complexity index is 780. The summed E-state index contributed by atoms with van der Waals surface area (Å²) >= 11 is 5.86. The molecule has 1 amide bonds. The van der Waals surface area contributed by atoms with Crippen molar-refractivity contribution in [1.29, 1.82) is 0 Å². The molecule has 1 saturated heterocycles. The van der Waals surface area contributed by atoms with Crippen molar-refractivity contribution in [2.24, 2.45) is 17.8 Å². The van der Waals surface area contributed by atoms with Gasteiger partial charge in [-0.1, -0.05) is 18.0 Å². The largest absolute Gasteiger partial charge is 0.353 e. The molecule has 7 heteroatoms. The van der Waals surface area contributed by atoms with Crippen LogP contribution in [0.25, 0.3) is 0 Å². The summed E-state index contributed by atoms with van der Waals surface area (Å²) in [6, 6.07) is 6.51. The lowest BCUT2D eigenvalue weighted by Crippen LogP contribution is -2.48. The number of carbonyl (C=O) groups is 1. The van der Waals surface area contributed by atoms with Gasteiger partial charge in [0.15, 0.2) is 0 Å². The summed E-state index contributed by atoms with van der Waals surface area (Å²) in [7, 11) is -3.59. The molecule has 2 saturated carbocycles. The molecule has 0 radical (unpaired) electrons. The van der Waals surface area contributed by atoms with E-state index >= 15 is 0 Å². The van der Waals surface area contributed by atoms with Gasteiger partial charge in [0.25, 0.3) is 0 Å². The lowest BCUT2D eigenvalue weighted by molar-refractivity contribution is -0.127. The zero-order valence-corrected chi connectivity index (χ0v) is 16.3. The van der Waals surface area contributed by atoms with E-state index in [0.717, 1.165) is 18.8 Å². The first-order valence-electron chi connectivity index (χ1n) is 9.49. The molecule has 1 N–H and O–H groups in total. The highest BCUT2D eigenvalue weighted by molar-refractivity contribution is 7.89. The molecule has 0 aromatic heterocycles. The zero-order chi connectivity index (χ0) is 18.3. The Morgan fingerprint density at radius 2 is 1.88 bits per heavy atom. The predicted octanol–water partition coefficient (Wildman–Crippen LogP) is 3.05. The maximum Gasteiger partial charge on any atom is 0.243 e. The number of sulfonamides is 1. The number of fused-ring (bicyclic) bond motifs is 2. The van der Waals surface area contributed by atoms with Crippen molar-refractivity contribution in [3.05, 3.63) is 29.3 Å². The molecule has 26 heavy (non-hydrogen) atoms. The highest BCUT2D eigenvalue weighted by atomic mass is 35.5. The van der Waals surface area contributed by atoms with Crippen LogP contribution in [-0.2, 0) is 14.8 Å². The van der Waals surface area contributed by atoms with E-state index in [1.165, 1.54) is 35.7 Å². The van der Waals surface area contributed by atoms with E-state index in [2.05, 4.69) is 5.32 Å². The Hall–Kier alpha value is -1.11. The average molecular weight is 397 g/mol. The Morgan fingerprint density at radius 1 is 1.12 bits per heavy atom. The van der Waals surface area contributed by atoms with Gasteiger partial charge in [0.1, 0.15) is 0 Å². The van der Waals surface area contributed by atoms with Gasteiger partial charge in [-0.2, -0.15) is 4.31 Å². The first-order valence-corrected chi connectivity index (χ1v) is 11.3. The van der Waals surface area contributed by atoms with Crippen molar-refractivity contribution in [2.75, 3.05) is 13.1 Å². The fourth-order valence-corrected chi connectivity index (χ4v) is 6.50. The first-order chi connectivity index (χ1) is 12.4. The lowest BCUT2D eigenvalue weighted by atomic mass is 9.93. The quantitative estimate of drug-likeness (QED) is 0.850. The number of carbonyl (C=O) groups excluding carboxylic acids is 1. The molecule has 0 spiro atoms. The van der Waals surface area contributed by atoms with Crippen molar-refractivity contribution in [3.8, 4) is 0 Å². The van der Waals surface area contributed by atoms with E-state index in [4.69, 9.17) is 11.6 Å². The normalized spacial score (nSPS) is 31.9. The van der Waals surface area contributed by atoms with Crippen molar-refractivity contribution >= 4 is 27.5 Å². The van der Waals surface area contributed by atoms with E-state index in [-0.39, 0.29) is 23.3 Å². The van der Waals surface area contributed by atoms with Crippen LogP contribution in [-0.4, -0.2) is 37.8 Å². The Labute approximate surface area is 160 Å². The number of halogens is 1. The molecule has 2 aliphatic carbocycles.